The number of ether oxygens (including phenoxy) is 1. The average Bonchev–Trinajstić information content (AvgIpc) is 2.58. The van der Waals surface area contributed by atoms with Crippen LogP contribution in [0.25, 0.3) is 0 Å². The topological polar surface area (TPSA) is 15.5 Å². The van der Waals surface area contributed by atoms with Gasteiger partial charge in [-0.1, -0.05) is 27.2 Å². The van der Waals surface area contributed by atoms with Crippen LogP contribution in [0.5, 0.6) is 5.75 Å². The molecule has 2 unspecified atom stereocenters. The van der Waals surface area contributed by atoms with Crippen LogP contribution in [-0.4, -0.2) is 36.5 Å². The lowest BCUT2D eigenvalue weighted by Gasteiger charge is -2.27. The summed E-state index contributed by atoms with van der Waals surface area (Å²) in [7, 11) is 2.14. The molecule has 25 heavy (non-hydrogen) atoms. The highest BCUT2D eigenvalue weighted by molar-refractivity contribution is 5.66. The van der Waals surface area contributed by atoms with Crippen LogP contribution in [0.15, 0.2) is 18.2 Å². The van der Waals surface area contributed by atoms with E-state index in [-0.39, 0.29) is 6.10 Å². The van der Waals surface area contributed by atoms with E-state index in [0.717, 1.165) is 17.9 Å². The second-order valence-corrected chi connectivity index (χ2v) is 7.75. The minimum Gasteiger partial charge on any atom is -0.490 e. The zero-order valence-electron chi connectivity index (χ0n) is 17.7. The van der Waals surface area contributed by atoms with Crippen LogP contribution in [0.2, 0.25) is 0 Å². The van der Waals surface area contributed by atoms with Crippen molar-refractivity contribution in [3.8, 4) is 5.75 Å². The van der Waals surface area contributed by atoms with Gasteiger partial charge < -0.3 is 9.64 Å². The summed E-state index contributed by atoms with van der Waals surface area (Å²) in [5, 5.41) is 0. The maximum absolute atomic E-state index is 6.37. The van der Waals surface area contributed by atoms with Crippen LogP contribution in [0.1, 0.15) is 67.7 Å². The molecule has 1 aromatic carbocycles. The van der Waals surface area contributed by atoms with Gasteiger partial charge in [0.05, 0.1) is 6.07 Å². The van der Waals surface area contributed by atoms with E-state index in [9.17, 15) is 0 Å². The molecular weight excluding hydrogens is 308 g/mol. The molecule has 0 fully saturated rings. The van der Waals surface area contributed by atoms with E-state index in [1.165, 1.54) is 18.5 Å². The predicted octanol–water partition coefficient (Wildman–Crippen LogP) is 5.88. The van der Waals surface area contributed by atoms with Crippen LogP contribution in [0.4, 0.5) is 11.4 Å². The molecule has 0 aromatic heterocycles. The number of hydrogen-bond acceptors (Lipinski definition) is 2. The van der Waals surface area contributed by atoms with Crippen molar-refractivity contribution >= 4 is 18.1 Å². The molecule has 3 heteroatoms. The van der Waals surface area contributed by atoms with Gasteiger partial charge in [0.15, 0.2) is 6.04 Å². The maximum atomic E-state index is 6.37. The number of hydrogen-bond donors (Lipinski definition) is 0. The van der Waals surface area contributed by atoms with Crippen molar-refractivity contribution in [3.05, 3.63) is 18.2 Å². The molecule has 0 radical (unpaired) electrons. The summed E-state index contributed by atoms with van der Waals surface area (Å²) in [6.45, 7) is 19.7. The van der Waals surface area contributed by atoms with Gasteiger partial charge in [-0.05, 0) is 58.6 Å². The summed E-state index contributed by atoms with van der Waals surface area (Å²) in [4.78, 5) is 2.29. The predicted molar refractivity (Wildman–Crippen MR) is 111 cm³/mol. The lowest BCUT2D eigenvalue weighted by atomic mass is 9.97. The SMILES string of the molecule is C=[N+](c1cc(OC(CC)C(C)CCC)ccc1N(C)C(C)C)C(C)C. The fourth-order valence-corrected chi connectivity index (χ4v) is 3.08. The highest BCUT2D eigenvalue weighted by atomic mass is 16.5. The first-order valence-corrected chi connectivity index (χ1v) is 9.86. The molecule has 0 aliphatic rings. The fraction of sp³-hybridized carbons (Fsp3) is 0.682. The molecule has 0 saturated heterocycles. The van der Waals surface area contributed by atoms with Crippen LogP contribution in [0, 0.1) is 5.92 Å². The Morgan fingerprint density at radius 1 is 1.12 bits per heavy atom. The van der Waals surface area contributed by atoms with Gasteiger partial charge in [-0.15, -0.1) is 0 Å². The molecule has 0 amide bonds. The van der Waals surface area contributed by atoms with E-state index in [1.807, 2.05) is 0 Å². The Balaban J connectivity index is 3.18. The summed E-state index contributed by atoms with van der Waals surface area (Å²) >= 11 is 0. The standard InChI is InChI=1S/C22H39N2O/c1-10-12-18(7)22(11-2)25-19-13-14-20(23(8)16(3)4)21(15-19)24(9)17(5)6/h13-18,22H,9-12H2,1-8H3/q+1. The molecule has 0 aliphatic heterocycles. The molecule has 0 spiro atoms. The van der Waals surface area contributed by atoms with Gasteiger partial charge in [0.1, 0.15) is 24.3 Å². The minimum absolute atomic E-state index is 0.263. The number of nitrogens with zero attached hydrogens (tertiary/aromatic N) is 2. The first kappa shape index (κ1) is 21.5. The molecule has 0 heterocycles. The van der Waals surface area contributed by atoms with Gasteiger partial charge in [-0.2, -0.15) is 0 Å². The number of rotatable bonds is 10. The molecule has 1 aromatic rings. The maximum Gasteiger partial charge on any atom is 0.232 e. The zero-order chi connectivity index (χ0) is 19.1. The molecule has 0 aliphatic carbocycles. The second kappa shape index (κ2) is 9.84. The Bertz CT molecular complexity index is 551. The lowest BCUT2D eigenvalue weighted by Crippen LogP contribution is -2.28. The third-order valence-electron chi connectivity index (χ3n) is 5.10. The van der Waals surface area contributed by atoms with Crippen molar-refractivity contribution in [1.29, 1.82) is 0 Å². The minimum atomic E-state index is 0.263. The largest absolute Gasteiger partial charge is 0.490 e. The Kier molecular flexibility index (Phi) is 8.47. The lowest BCUT2D eigenvalue weighted by molar-refractivity contribution is -0.466. The summed E-state index contributed by atoms with van der Waals surface area (Å²) in [5.41, 5.74) is 2.32. The second-order valence-electron chi connectivity index (χ2n) is 7.75. The zero-order valence-corrected chi connectivity index (χ0v) is 17.7. The quantitative estimate of drug-likeness (QED) is 0.388. The molecule has 142 valence electrons. The van der Waals surface area contributed by atoms with Crippen molar-refractivity contribution in [1.82, 2.24) is 0 Å². The summed E-state index contributed by atoms with van der Waals surface area (Å²) < 4.78 is 8.45. The van der Waals surface area contributed by atoms with Crippen molar-refractivity contribution in [2.45, 2.75) is 85.9 Å². The van der Waals surface area contributed by atoms with Crippen molar-refractivity contribution in [2.75, 3.05) is 11.9 Å². The highest BCUT2D eigenvalue weighted by Gasteiger charge is 2.23. The normalized spacial score (nSPS) is 13.8. The van der Waals surface area contributed by atoms with E-state index < -0.39 is 0 Å². The molecular formula is C22H39N2O+. The van der Waals surface area contributed by atoms with Crippen LogP contribution >= 0.6 is 0 Å². The van der Waals surface area contributed by atoms with E-state index >= 15 is 0 Å². The van der Waals surface area contributed by atoms with E-state index in [1.54, 1.807) is 0 Å². The van der Waals surface area contributed by atoms with Gasteiger partial charge in [0, 0.05) is 13.1 Å². The third-order valence-corrected chi connectivity index (χ3v) is 5.10. The van der Waals surface area contributed by atoms with E-state index in [4.69, 9.17) is 4.74 Å². The van der Waals surface area contributed by atoms with E-state index in [0.29, 0.717) is 18.0 Å². The average molecular weight is 348 g/mol. The van der Waals surface area contributed by atoms with Gasteiger partial charge in [-0.25, -0.2) is 4.58 Å². The van der Waals surface area contributed by atoms with Crippen molar-refractivity contribution < 1.29 is 9.31 Å². The van der Waals surface area contributed by atoms with Crippen LogP contribution in [0.3, 0.4) is 0 Å². The molecule has 0 saturated carbocycles. The van der Waals surface area contributed by atoms with Gasteiger partial charge in [-0.3, -0.25) is 0 Å². The Hall–Kier alpha value is -1.51. The van der Waals surface area contributed by atoms with Crippen LogP contribution < -0.4 is 9.64 Å². The first-order chi connectivity index (χ1) is 11.7. The Morgan fingerprint density at radius 2 is 1.76 bits per heavy atom. The Morgan fingerprint density at radius 3 is 2.24 bits per heavy atom. The van der Waals surface area contributed by atoms with Crippen molar-refractivity contribution in [2.24, 2.45) is 5.92 Å². The van der Waals surface area contributed by atoms with E-state index in [2.05, 4.69) is 89.9 Å². The summed E-state index contributed by atoms with van der Waals surface area (Å²) in [6.07, 6.45) is 3.69. The molecule has 3 nitrogen and oxygen atoms in total. The third kappa shape index (κ3) is 5.76. The fourth-order valence-electron chi connectivity index (χ4n) is 3.08. The molecule has 0 bridgehead atoms. The number of benzene rings is 1. The summed E-state index contributed by atoms with van der Waals surface area (Å²) in [5.74, 6) is 1.51. The smallest absolute Gasteiger partial charge is 0.232 e. The molecule has 1 rings (SSSR count). The van der Waals surface area contributed by atoms with Crippen molar-refractivity contribution in [3.63, 3.8) is 0 Å². The summed E-state index contributed by atoms with van der Waals surface area (Å²) in [6, 6.07) is 7.19. The first-order valence-electron chi connectivity index (χ1n) is 9.86. The monoisotopic (exact) mass is 347 g/mol. The van der Waals surface area contributed by atoms with Gasteiger partial charge >= 0.3 is 0 Å². The Labute approximate surface area is 155 Å². The number of anilines is 1. The van der Waals surface area contributed by atoms with Gasteiger partial charge in [0.2, 0.25) is 5.69 Å². The molecule has 2 atom stereocenters. The highest BCUT2D eigenvalue weighted by Crippen LogP contribution is 2.34. The van der Waals surface area contributed by atoms with Gasteiger partial charge in [0.25, 0.3) is 0 Å². The molecule has 0 N–H and O–H groups in total. The van der Waals surface area contributed by atoms with Crippen LogP contribution in [-0.2, 0) is 0 Å².